The van der Waals surface area contributed by atoms with Gasteiger partial charge in [0.2, 0.25) is 10.0 Å². The van der Waals surface area contributed by atoms with E-state index in [2.05, 4.69) is 36.6 Å². The van der Waals surface area contributed by atoms with Gasteiger partial charge in [0.15, 0.2) is 0 Å². The van der Waals surface area contributed by atoms with Gasteiger partial charge in [-0.25, -0.2) is 13.1 Å². The number of thiophene rings is 1. The first kappa shape index (κ1) is 13.0. The average Bonchev–Trinajstić information content (AvgIpc) is 2.98. The van der Waals surface area contributed by atoms with Crippen LogP contribution in [-0.2, 0) is 10.0 Å². The van der Waals surface area contributed by atoms with Crippen molar-refractivity contribution in [2.75, 3.05) is 6.54 Å². The van der Waals surface area contributed by atoms with Gasteiger partial charge in [-0.1, -0.05) is 15.9 Å². The molecule has 3 nitrogen and oxygen atoms in total. The molecule has 7 heteroatoms. The molecule has 0 saturated heterocycles. The normalized spacial score (nSPS) is 18.6. The van der Waals surface area contributed by atoms with Gasteiger partial charge in [-0.3, -0.25) is 0 Å². The summed E-state index contributed by atoms with van der Waals surface area (Å²) in [6.07, 6.45) is 2.39. The summed E-state index contributed by atoms with van der Waals surface area (Å²) in [5.74, 6) is 0.637. The Morgan fingerprint density at radius 2 is 2.19 bits per heavy atom. The fourth-order valence-electron chi connectivity index (χ4n) is 1.33. The van der Waals surface area contributed by atoms with Gasteiger partial charge >= 0.3 is 0 Å². The molecule has 1 unspecified atom stereocenters. The molecule has 1 aromatic heterocycles. The van der Waals surface area contributed by atoms with Crippen molar-refractivity contribution >= 4 is 53.2 Å². The first-order valence-electron chi connectivity index (χ1n) is 4.88. The number of hydrogen-bond donors (Lipinski definition) is 1. The Morgan fingerprint density at radius 1 is 1.50 bits per heavy atom. The predicted molar refractivity (Wildman–Crippen MR) is 72.6 cm³/mol. The van der Waals surface area contributed by atoms with Gasteiger partial charge in [-0.15, -0.1) is 11.3 Å². The molecule has 1 atom stereocenters. The van der Waals surface area contributed by atoms with Gasteiger partial charge in [-0.2, -0.15) is 0 Å². The average molecular weight is 389 g/mol. The Bertz CT molecular complexity index is 468. The zero-order valence-corrected chi connectivity index (χ0v) is 13.1. The molecule has 1 aliphatic carbocycles. The van der Waals surface area contributed by atoms with Crippen molar-refractivity contribution in [3.8, 4) is 0 Å². The van der Waals surface area contributed by atoms with Crippen molar-refractivity contribution in [1.29, 1.82) is 0 Å². The van der Waals surface area contributed by atoms with Crippen molar-refractivity contribution in [3.05, 3.63) is 15.9 Å². The SMILES string of the molecule is O=S(=O)(NCC(Br)C1CC1)c1ccc(Br)s1. The Labute approximate surface area is 116 Å². The standard InChI is InChI=1S/C9H11Br2NO2S2/c10-7(6-1-2-6)5-12-16(13,14)9-4-3-8(11)15-9/h3-4,6-7,12H,1-2,5H2. The molecular weight excluding hydrogens is 378 g/mol. The van der Waals surface area contributed by atoms with Gasteiger partial charge in [0.25, 0.3) is 0 Å². The molecule has 2 rings (SSSR count). The summed E-state index contributed by atoms with van der Waals surface area (Å²) < 4.78 is 27.5. The van der Waals surface area contributed by atoms with Gasteiger partial charge in [0.05, 0.1) is 3.79 Å². The highest BCUT2D eigenvalue weighted by molar-refractivity contribution is 9.11. The summed E-state index contributed by atoms with van der Waals surface area (Å²) in [6, 6.07) is 3.35. The third kappa shape index (κ3) is 3.29. The second kappa shape index (κ2) is 5.06. The van der Waals surface area contributed by atoms with E-state index in [9.17, 15) is 8.42 Å². The Balaban J connectivity index is 1.97. The lowest BCUT2D eigenvalue weighted by Crippen LogP contribution is -2.29. The summed E-state index contributed by atoms with van der Waals surface area (Å²) >= 11 is 7.98. The topological polar surface area (TPSA) is 46.2 Å². The van der Waals surface area contributed by atoms with Crippen LogP contribution in [-0.4, -0.2) is 19.8 Å². The fourth-order valence-corrected chi connectivity index (χ4v) is 5.35. The fraction of sp³-hybridized carbons (Fsp3) is 0.556. The second-order valence-electron chi connectivity index (χ2n) is 3.76. The van der Waals surface area contributed by atoms with E-state index in [1.807, 2.05) is 0 Å². The van der Waals surface area contributed by atoms with Gasteiger partial charge in [-0.05, 0) is 46.8 Å². The molecule has 1 saturated carbocycles. The summed E-state index contributed by atoms with van der Waals surface area (Å²) in [5, 5.41) is 0. The molecular formula is C9H11Br2NO2S2. The molecule has 0 aliphatic heterocycles. The molecule has 0 radical (unpaired) electrons. The van der Waals surface area contributed by atoms with E-state index in [0.717, 1.165) is 3.79 Å². The van der Waals surface area contributed by atoms with E-state index < -0.39 is 10.0 Å². The highest BCUT2D eigenvalue weighted by atomic mass is 79.9. The van der Waals surface area contributed by atoms with Crippen molar-refractivity contribution < 1.29 is 8.42 Å². The monoisotopic (exact) mass is 387 g/mol. The molecule has 0 bridgehead atoms. The Morgan fingerprint density at radius 3 is 2.69 bits per heavy atom. The van der Waals surface area contributed by atoms with Crippen LogP contribution in [0.15, 0.2) is 20.1 Å². The Kier molecular flexibility index (Phi) is 4.11. The van der Waals surface area contributed by atoms with Crippen LogP contribution in [0, 0.1) is 5.92 Å². The lowest BCUT2D eigenvalue weighted by atomic mass is 10.3. The molecule has 1 aliphatic rings. The molecule has 0 aromatic carbocycles. The quantitative estimate of drug-likeness (QED) is 0.788. The summed E-state index contributed by atoms with van der Waals surface area (Å²) in [5.41, 5.74) is 0. The smallest absolute Gasteiger partial charge is 0.209 e. The maximum atomic E-state index is 11.9. The number of hydrogen-bond acceptors (Lipinski definition) is 3. The van der Waals surface area contributed by atoms with Crippen LogP contribution in [0.1, 0.15) is 12.8 Å². The van der Waals surface area contributed by atoms with Crippen LogP contribution >= 0.6 is 43.2 Å². The number of nitrogens with one attached hydrogen (secondary N) is 1. The van der Waals surface area contributed by atoms with Crippen LogP contribution in [0.3, 0.4) is 0 Å². The number of sulfonamides is 1. The first-order chi connectivity index (χ1) is 7.49. The largest absolute Gasteiger partial charge is 0.250 e. The molecule has 1 N–H and O–H groups in total. The highest BCUT2D eigenvalue weighted by Gasteiger charge is 2.30. The van der Waals surface area contributed by atoms with Crippen LogP contribution in [0.25, 0.3) is 0 Å². The van der Waals surface area contributed by atoms with E-state index in [0.29, 0.717) is 16.7 Å². The maximum absolute atomic E-state index is 11.9. The van der Waals surface area contributed by atoms with E-state index in [-0.39, 0.29) is 4.83 Å². The predicted octanol–water partition coefficient (Wildman–Crippen LogP) is 2.96. The lowest BCUT2D eigenvalue weighted by molar-refractivity contribution is 0.580. The third-order valence-electron chi connectivity index (χ3n) is 2.42. The third-order valence-corrected chi connectivity index (χ3v) is 7.03. The van der Waals surface area contributed by atoms with Gasteiger partial charge < -0.3 is 0 Å². The molecule has 1 fully saturated rings. The lowest BCUT2D eigenvalue weighted by Gasteiger charge is -2.09. The summed E-state index contributed by atoms with van der Waals surface area (Å²) in [6.45, 7) is 0.461. The van der Waals surface area contributed by atoms with Gasteiger partial charge in [0, 0.05) is 11.4 Å². The van der Waals surface area contributed by atoms with E-state index in [1.165, 1.54) is 24.2 Å². The zero-order valence-electron chi connectivity index (χ0n) is 8.32. The zero-order chi connectivity index (χ0) is 11.8. The Hall–Kier alpha value is 0.570. The van der Waals surface area contributed by atoms with E-state index >= 15 is 0 Å². The highest BCUT2D eigenvalue weighted by Crippen LogP contribution is 2.36. The van der Waals surface area contributed by atoms with E-state index in [4.69, 9.17) is 0 Å². The minimum absolute atomic E-state index is 0.255. The maximum Gasteiger partial charge on any atom is 0.250 e. The van der Waals surface area contributed by atoms with E-state index in [1.54, 1.807) is 12.1 Å². The van der Waals surface area contributed by atoms with Crippen LogP contribution in [0.4, 0.5) is 0 Å². The molecule has 0 amide bonds. The molecule has 16 heavy (non-hydrogen) atoms. The second-order valence-corrected chi connectivity index (χ2v) is 9.40. The minimum atomic E-state index is -3.33. The molecule has 1 aromatic rings. The number of rotatable bonds is 5. The van der Waals surface area contributed by atoms with Crippen molar-refractivity contribution in [3.63, 3.8) is 0 Å². The minimum Gasteiger partial charge on any atom is -0.209 e. The molecule has 0 spiro atoms. The van der Waals surface area contributed by atoms with Crippen LogP contribution < -0.4 is 4.72 Å². The van der Waals surface area contributed by atoms with Crippen molar-refractivity contribution in [2.45, 2.75) is 21.9 Å². The van der Waals surface area contributed by atoms with Crippen LogP contribution in [0.2, 0.25) is 0 Å². The summed E-state index contributed by atoms with van der Waals surface area (Å²) in [7, 11) is -3.33. The van der Waals surface area contributed by atoms with Gasteiger partial charge in [0.1, 0.15) is 4.21 Å². The van der Waals surface area contributed by atoms with Crippen molar-refractivity contribution in [2.24, 2.45) is 5.92 Å². The van der Waals surface area contributed by atoms with Crippen molar-refractivity contribution in [1.82, 2.24) is 4.72 Å². The molecule has 1 heterocycles. The summed E-state index contributed by atoms with van der Waals surface area (Å²) in [4.78, 5) is 0.255. The molecule has 90 valence electrons. The first-order valence-corrected chi connectivity index (χ1v) is 8.89. The number of alkyl halides is 1. The van der Waals surface area contributed by atoms with Crippen LogP contribution in [0.5, 0.6) is 0 Å². The number of halogens is 2.